The number of morpholine rings is 1. The highest BCUT2D eigenvalue weighted by Gasteiger charge is 2.24. The lowest BCUT2D eigenvalue weighted by Crippen LogP contribution is -2.48. The lowest BCUT2D eigenvalue weighted by atomic mass is 10.2. The number of benzene rings is 2. The molecule has 1 saturated heterocycles. The molecule has 0 saturated carbocycles. The number of hydrogen-bond acceptors (Lipinski definition) is 5. The summed E-state index contributed by atoms with van der Waals surface area (Å²) in [4.78, 5) is 33.6. The molecule has 0 unspecified atom stereocenters. The molecular formula is C28H33FN4O3S. The van der Waals surface area contributed by atoms with Crippen LogP contribution in [0.15, 0.2) is 66.0 Å². The van der Waals surface area contributed by atoms with Crippen molar-refractivity contribution in [1.82, 2.24) is 14.7 Å². The normalized spacial score (nSPS) is 13.8. The number of nitrogens with one attached hydrogen (secondary N) is 1. The molecule has 3 aromatic rings. The first kappa shape index (κ1) is 26.8. The Hall–Kier alpha value is -3.27. The first-order valence-electron chi connectivity index (χ1n) is 12.4. The second-order valence-electron chi connectivity index (χ2n) is 9.07. The molecule has 1 aliphatic heterocycles. The van der Waals surface area contributed by atoms with Crippen molar-refractivity contribution in [3.8, 4) is 0 Å². The third-order valence-corrected chi connectivity index (χ3v) is 7.38. The molecule has 2 heterocycles. The number of carbonyl (C=O) groups excluding carboxylic acids is 2. The van der Waals surface area contributed by atoms with Gasteiger partial charge in [0, 0.05) is 43.3 Å². The molecule has 1 fully saturated rings. The summed E-state index contributed by atoms with van der Waals surface area (Å²) in [7, 11) is 0. The topological polar surface area (TPSA) is 65.1 Å². The van der Waals surface area contributed by atoms with Crippen LogP contribution in [0.25, 0.3) is 0 Å². The summed E-state index contributed by atoms with van der Waals surface area (Å²) in [5.74, 6) is -0.482. The molecule has 1 aliphatic rings. The van der Waals surface area contributed by atoms with E-state index in [1.54, 1.807) is 33.3 Å². The standard InChI is InChI=1S/C28H33FN4O3S/c1-22-11-18-37-26(22)20-33(19-23-7-9-24(29)10-8-23)27(34)21-32(13-12-31-14-16-36-17-15-31)28(35)30-25-5-3-2-4-6-25/h2-11,18H,12-17,19-21H2,1H3,(H,30,35). The fourth-order valence-electron chi connectivity index (χ4n) is 4.11. The van der Waals surface area contributed by atoms with Gasteiger partial charge in [-0.05, 0) is 53.8 Å². The van der Waals surface area contributed by atoms with E-state index in [9.17, 15) is 14.0 Å². The molecule has 196 valence electrons. The molecule has 0 spiro atoms. The van der Waals surface area contributed by atoms with Gasteiger partial charge in [0.05, 0.1) is 19.8 Å². The Morgan fingerprint density at radius 1 is 1.00 bits per heavy atom. The van der Waals surface area contributed by atoms with Crippen LogP contribution < -0.4 is 5.32 Å². The molecule has 0 atom stereocenters. The smallest absolute Gasteiger partial charge is 0.322 e. The minimum Gasteiger partial charge on any atom is -0.379 e. The number of thiophene rings is 1. The van der Waals surface area contributed by atoms with E-state index in [0.717, 1.165) is 29.1 Å². The molecule has 3 amide bonds. The average Bonchev–Trinajstić information content (AvgIpc) is 3.32. The number of rotatable bonds is 10. The Bertz CT molecular complexity index is 1150. The molecule has 1 N–H and O–H groups in total. The van der Waals surface area contributed by atoms with Crippen molar-refractivity contribution in [2.45, 2.75) is 20.0 Å². The van der Waals surface area contributed by atoms with E-state index in [1.807, 2.05) is 48.7 Å². The van der Waals surface area contributed by atoms with Crippen LogP contribution in [0.3, 0.4) is 0 Å². The fourth-order valence-corrected chi connectivity index (χ4v) is 5.03. The van der Waals surface area contributed by atoms with Crippen LogP contribution in [0.5, 0.6) is 0 Å². The van der Waals surface area contributed by atoms with Gasteiger partial charge in [-0.3, -0.25) is 9.69 Å². The van der Waals surface area contributed by atoms with E-state index in [4.69, 9.17) is 4.74 Å². The van der Waals surface area contributed by atoms with Crippen LogP contribution in [-0.2, 0) is 22.6 Å². The highest BCUT2D eigenvalue weighted by atomic mass is 32.1. The molecule has 1 aromatic heterocycles. The van der Waals surface area contributed by atoms with E-state index in [2.05, 4.69) is 10.2 Å². The molecule has 0 aliphatic carbocycles. The Kier molecular flexibility index (Phi) is 9.65. The van der Waals surface area contributed by atoms with Crippen molar-refractivity contribution in [3.05, 3.63) is 87.9 Å². The quantitative estimate of drug-likeness (QED) is 0.421. The SMILES string of the molecule is Cc1ccsc1CN(Cc1ccc(F)cc1)C(=O)CN(CCN1CCOCC1)C(=O)Nc1ccccc1. The van der Waals surface area contributed by atoms with Crippen LogP contribution in [0, 0.1) is 12.7 Å². The number of nitrogens with zero attached hydrogens (tertiary/aromatic N) is 3. The summed E-state index contributed by atoms with van der Waals surface area (Å²) < 4.78 is 18.9. The lowest BCUT2D eigenvalue weighted by molar-refractivity contribution is -0.133. The minimum absolute atomic E-state index is 0.0609. The van der Waals surface area contributed by atoms with Crippen molar-refractivity contribution in [3.63, 3.8) is 0 Å². The average molecular weight is 525 g/mol. The number of amides is 3. The maximum absolute atomic E-state index is 13.7. The van der Waals surface area contributed by atoms with Gasteiger partial charge in [-0.2, -0.15) is 0 Å². The molecule has 7 nitrogen and oxygen atoms in total. The second-order valence-corrected chi connectivity index (χ2v) is 10.1. The summed E-state index contributed by atoms with van der Waals surface area (Å²) in [5, 5.41) is 4.93. The zero-order valence-corrected chi connectivity index (χ0v) is 21.9. The van der Waals surface area contributed by atoms with Crippen LogP contribution in [0.1, 0.15) is 16.0 Å². The van der Waals surface area contributed by atoms with Gasteiger partial charge in [0.2, 0.25) is 5.91 Å². The van der Waals surface area contributed by atoms with E-state index >= 15 is 0 Å². The molecular weight excluding hydrogens is 491 g/mol. The summed E-state index contributed by atoms with van der Waals surface area (Å²) in [6, 6.07) is 17.1. The number of anilines is 1. The van der Waals surface area contributed by atoms with Gasteiger partial charge >= 0.3 is 6.03 Å². The number of carbonyl (C=O) groups is 2. The van der Waals surface area contributed by atoms with Crippen molar-refractivity contribution in [2.75, 3.05) is 51.3 Å². The number of ether oxygens (including phenoxy) is 1. The number of aryl methyl sites for hydroxylation is 1. The van der Waals surface area contributed by atoms with E-state index in [-0.39, 0.29) is 24.3 Å². The van der Waals surface area contributed by atoms with Crippen LogP contribution >= 0.6 is 11.3 Å². The summed E-state index contributed by atoms with van der Waals surface area (Å²) in [6.07, 6.45) is 0. The lowest BCUT2D eigenvalue weighted by Gasteiger charge is -2.31. The van der Waals surface area contributed by atoms with Gasteiger partial charge in [-0.1, -0.05) is 30.3 Å². The number of para-hydroxylation sites is 1. The van der Waals surface area contributed by atoms with Gasteiger partial charge in [-0.25, -0.2) is 9.18 Å². The summed E-state index contributed by atoms with van der Waals surface area (Å²) in [6.45, 7) is 6.72. The predicted molar refractivity (Wildman–Crippen MR) is 144 cm³/mol. The van der Waals surface area contributed by atoms with Crippen molar-refractivity contribution < 1.29 is 18.7 Å². The van der Waals surface area contributed by atoms with Gasteiger partial charge in [0.1, 0.15) is 12.4 Å². The molecule has 0 bridgehead atoms. The Balaban J connectivity index is 1.50. The summed E-state index contributed by atoms with van der Waals surface area (Å²) >= 11 is 1.60. The third-order valence-electron chi connectivity index (χ3n) is 6.37. The Morgan fingerprint density at radius 2 is 1.73 bits per heavy atom. The molecule has 9 heteroatoms. The van der Waals surface area contributed by atoms with Crippen LogP contribution in [-0.4, -0.2) is 72.6 Å². The maximum atomic E-state index is 13.7. The zero-order valence-electron chi connectivity index (χ0n) is 21.1. The molecule has 37 heavy (non-hydrogen) atoms. The Morgan fingerprint density at radius 3 is 2.41 bits per heavy atom. The van der Waals surface area contributed by atoms with Crippen molar-refractivity contribution in [1.29, 1.82) is 0 Å². The first-order chi connectivity index (χ1) is 18.0. The predicted octanol–water partition coefficient (Wildman–Crippen LogP) is 4.59. The maximum Gasteiger partial charge on any atom is 0.322 e. The molecule has 4 rings (SSSR count). The zero-order chi connectivity index (χ0) is 26.0. The van der Waals surface area contributed by atoms with E-state index < -0.39 is 0 Å². The highest BCUT2D eigenvalue weighted by Crippen LogP contribution is 2.20. The first-order valence-corrected chi connectivity index (χ1v) is 13.3. The van der Waals surface area contributed by atoms with Gasteiger partial charge in [0.25, 0.3) is 0 Å². The van der Waals surface area contributed by atoms with Crippen LogP contribution in [0.2, 0.25) is 0 Å². The number of urea groups is 1. The largest absolute Gasteiger partial charge is 0.379 e. The highest BCUT2D eigenvalue weighted by molar-refractivity contribution is 7.10. The van der Waals surface area contributed by atoms with E-state index in [1.165, 1.54) is 12.1 Å². The van der Waals surface area contributed by atoms with Crippen LogP contribution in [0.4, 0.5) is 14.9 Å². The van der Waals surface area contributed by atoms with Crippen molar-refractivity contribution >= 4 is 29.0 Å². The van der Waals surface area contributed by atoms with Gasteiger partial charge < -0.3 is 19.9 Å². The number of hydrogen-bond donors (Lipinski definition) is 1. The van der Waals surface area contributed by atoms with Gasteiger partial charge in [-0.15, -0.1) is 11.3 Å². The van der Waals surface area contributed by atoms with E-state index in [0.29, 0.717) is 45.1 Å². The van der Waals surface area contributed by atoms with Gasteiger partial charge in [0.15, 0.2) is 0 Å². The molecule has 2 aromatic carbocycles. The monoisotopic (exact) mass is 524 g/mol. The minimum atomic E-state index is -0.318. The summed E-state index contributed by atoms with van der Waals surface area (Å²) in [5.41, 5.74) is 2.62. The molecule has 0 radical (unpaired) electrons. The number of halogens is 1. The fraction of sp³-hybridized carbons (Fsp3) is 0.357. The third kappa shape index (κ3) is 8.11. The second kappa shape index (κ2) is 13.3. The van der Waals surface area contributed by atoms with Crippen molar-refractivity contribution in [2.24, 2.45) is 0 Å². The Labute approximate surface area is 221 Å².